The summed E-state index contributed by atoms with van der Waals surface area (Å²) in [5.41, 5.74) is 6.96. The van der Waals surface area contributed by atoms with Crippen LogP contribution in [-0.4, -0.2) is 64.3 Å². The van der Waals surface area contributed by atoms with E-state index in [0.717, 1.165) is 57.1 Å². The molecule has 2 atom stereocenters. The Morgan fingerprint density at radius 2 is 1.74 bits per heavy atom. The minimum Gasteiger partial charge on any atom is -0.354 e. The van der Waals surface area contributed by atoms with Crippen molar-refractivity contribution >= 4 is 28.8 Å². The SMILES string of the molecule is NCC1CCC(CNC(=O)[C@H]2CC(N(Cc3ccc([N+](=O)[O-])cc3)C3CC3)CCN2C(=O)c2cccs2)CC1. The average Bonchev–Trinajstić information content (AvgIpc) is 3.66. The molecule has 1 unspecified atom stereocenters. The van der Waals surface area contributed by atoms with Gasteiger partial charge in [0, 0.05) is 43.9 Å². The number of piperidine rings is 1. The van der Waals surface area contributed by atoms with Gasteiger partial charge in [-0.25, -0.2) is 0 Å². The normalized spacial score (nSPS) is 25.4. The van der Waals surface area contributed by atoms with E-state index in [2.05, 4.69) is 10.2 Å². The van der Waals surface area contributed by atoms with Crippen LogP contribution in [0.4, 0.5) is 5.69 Å². The van der Waals surface area contributed by atoms with Gasteiger partial charge >= 0.3 is 0 Å². The molecule has 2 amide bonds. The van der Waals surface area contributed by atoms with Crippen molar-refractivity contribution < 1.29 is 14.5 Å². The highest BCUT2D eigenvalue weighted by molar-refractivity contribution is 7.12. The Kier molecular flexibility index (Phi) is 8.94. The molecule has 0 spiro atoms. The van der Waals surface area contributed by atoms with Crippen molar-refractivity contribution in [1.29, 1.82) is 0 Å². The molecule has 1 aromatic carbocycles. The predicted octanol–water partition coefficient (Wildman–Crippen LogP) is 4.18. The molecule has 3 aliphatic rings. The van der Waals surface area contributed by atoms with Gasteiger partial charge in [0.1, 0.15) is 6.04 Å². The number of nitrogens with zero attached hydrogens (tertiary/aromatic N) is 3. The molecule has 2 aromatic rings. The van der Waals surface area contributed by atoms with Crippen molar-refractivity contribution in [2.45, 2.75) is 76.0 Å². The van der Waals surface area contributed by atoms with Crippen LogP contribution in [0.15, 0.2) is 41.8 Å². The number of benzene rings is 1. The Balaban J connectivity index is 1.28. The van der Waals surface area contributed by atoms with E-state index >= 15 is 0 Å². The minimum absolute atomic E-state index is 0.0587. The van der Waals surface area contributed by atoms with Crippen molar-refractivity contribution in [1.82, 2.24) is 15.1 Å². The number of likely N-dealkylation sites (tertiary alicyclic amines) is 1. The van der Waals surface area contributed by atoms with Gasteiger partial charge in [-0.3, -0.25) is 24.6 Å². The van der Waals surface area contributed by atoms with E-state index in [9.17, 15) is 19.7 Å². The van der Waals surface area contributed by atoms with E-state index in [-0.39, 0.29) is 28.5 Å². The lowest BCUT2D eigenvalue weighted by Gasteiger charge is -2.43. The predicted molar refractivity (Wildman–Crippen MR) is 151 cm³/mol. The Hall–Kier alpha value is -2.82. The molecule has 2 aliphatic carbocycles. The maximum atomic E-state index is 13.7. The van der Waals surface area contributed by atoms with Crippen molar-refractivity contribution in [3.05, 3.63) is 62.3 Å². The van der Waals surface area contributed by atoms with Crippen LogP contribution in [0.25, 0.3) is 0 Å². The first-order chi connectivity index (χ1) is 18.9. The number of hydrogen-bond acceptors (Lipinski definition) is 7. The number of hydrogen-bond donors (Lipinski definition) is 2. The second-order valence-electron chi connectivity index (χ2n) is 11.4. The van der Waals surface area contributed by atoms with Gasteiger partial charge in [0.15, 0.2) is 0 Å². The number of carbonyl (C=O) groups is 2. The summed E-state index contributed by atoms with van der Waals surface area (Å²) in [6, 6.07) is 10.6. The summed E-state index contributed by atoms with van der Waals surface area (Å²) >= 11 is 1.41. The van der Waals surface area contributed by atoms with E-state index in [1.165, 1.54) is 11.3 Å². The Bertz CT molecular complexity index is 1130. The lowest BCUT2D eigenvalue weighted by molar-refractivity contribution is -0.384. The zero-order valence-electron chi connectivity index (χ0n) is 22.4. The third-order valence-corrected chi connectivity index (χ3v) is 9.59. The number of nitro benzene ring substituents is 1. The van der Waals surface area contributed by atoms with Crippen LogP contribution >= 0.6 is 11.3 Å². The Labute approximate surface area is 233 Å². The number of non-ortho nitro benzene ring substituents is 1. The summed E-state index contributed by atoms with van der Waals surface area (Å²) in [5, 5.41) is 16.2. The summed E-state index contributed by atoms with van der Waals surface area (Å²) < 4.78 is 0. The van der Waals surface area contributed by atoms with Gasteiger partial charge in [-0.2, -0.15) is 0 Å². The Morgan fingerprint density at radius 1 is 1.03 bits per heavy atom. The van der Waals surface area contributed by atoms with Gasteiger partial charge in [-0.1, -0.05) is 18.2 Å². The van der Waals surface area contributed by atoms with Gasteiger partial charge in [0.2, 0.25) is 5.91 Å². The summed E-state index contributed by atoms with van der Waals surface area (Å²) in [6.07, 6.45) is 8.01. The first-order valence-electron chi connectivity index (χ1n) is 14.2. The van der Waals surface area contributed by atoms with Crippen LogP contribution in [0.3, 0.4) is 0 Å². The zero-order valence-corrected chi connectivity index (χ0v) is 23.2. The summed E-state index contributed by atoms with van der Waals surface area (Å²) in [6.45, 7) is 2.60. The number of carbonyl (C=O) groups excluding carboxylic acids is 2. The van der Waals surface area contributed by atoms with Crippen LogP contribution < -0.4 is 11.1 Å². The maximum Gasteiger partial charge on any atom is 0.269 e. The van der Waals surface area contributed by atoms with Crippen LogP contribution in [0, 0.1) is 22.0 Å². The van der Waals surface area contributed by atoms with Gasteiger partial charge in [0.25, 0.3) is 11.6 Å². The molecule has 3 fully saturated rings. The van der Waals surface area contributed by atoms with E-state index in [0.29, 0.717) is 48.8 Å². The topological polar surface area (TPSA) is 122 Å². The number of thiophene rings is 1. The van der Waals surface area contributed by atoms with Gasteiger partial charge in [-0.15, -0.1) is 11.3 Å². The molecule has 39 heavy (non-hydrogen) atoms. The lowest BCUT2D eigenvalue weighted by atomic mass is 9.82. The number of nitro groups is 1. The third kappa shape index (κ3) is 6.85. The summed E-state index contributed by atoms with van der Waals surface area (Å²) in [4.78, 5) is 42.7. The quantitative estimate of drug-likeness (QED) is 0.336. The van der Waals surface area contributed by atoms with Crippen molar-refractivity contribution in [2.75, 3.05) is 19.6 Å². The minimum atomic E-state index is -0.517. The second-order valence-corrected chi connectivity index (χ2v) is 12.3. The van der Waals surface area contributed by atoms with Gasteiger partial charge in [-0.05, 0) is 86.8 Å². The fourth-order valence-electron chi connectivity index (χ4n) is 6.21. The maximum absolute atomic E-state index is 13.7. The lowest BCUT2D eigenvalue weighted by Crippen LogP contribution is -2.57. The molecule has 1 saturated heterocycles. The van der Waals surface area contributed by atoms with Crippen LogP contribution in [0.1, 0.15) is 66.6 Å². The third-order valence-electron chi connectivity index (χ3n) is 8.73. The second kappa shape index (κ2) is 12.6. The summed E-state index contributed by atoms with van der Waals surface area (Å²) in [7, 11) is 0. The molecule has 1 aromatic heterocycles. The molecule has 1 aliphatic heterocycles. The van der Waals surface area contributed by atoms with E-state index < -0.39 is 6.04 Å². The van der Waals surface area contributed by atoms with Crippen molar-refractivity contribution in [2.24, 2.45) is 17.6 Å². The monoisotopic (exact) mass is 553 g/mol. The van der Waals surface area contributed by atoms with Crippen LogP contribution in [0.5, 0.6) is 0 Å². The Morgan fingerprint density at radius 3 is 2.36 bits per heavy atom. The molecular formula is C29H39N5O4S. The van der Waals surface area contributed by atoms with Crippen LogP contribution in [0.2, 0.25) is 0 Å². The van der Waals surface area contributed by atoms with Crippen molar-refractivity contribution in [3.8, 4) is 0 Å². The number of amides is 2. The van der Waals surface area contributed by atoms with Gasteiger partial charge < -0.3 is 16.0 Å². The number of nitrogens with two attached hydrogens (primary N) is 1. The molecule has 9 nitrogen and oxygen atoms in total. The first kappa shape index (κ1) is 27.7. The standard InChI is InChI=1S/C29H39N5O4S/c30-17-20-3-5-21(6-4-20)18-31-28(35)26-16-25(13-14-32(26)29(36)27-2-1-15-39-27)33(23-11-12-23)19-22-7-9-24(10-8-22)34(37)38/h1-2,7-10,15,20-21,23,25-26H,3-6,11-14,16-19,30H2,(H,31,35)/t20?,21?,25?,26-/m1/s1. The molecule has 0 bridgehead atoms. The molecule has 210 valence electrons. The molecular weight excluding hydrogens is 514 g/mol. The van der Waals surface area contributed by atoms with Crippen LogP contribution in [-0.2, 0) is 11.3 Å². The summed E-state index contributed by atoms with van der Waals surface area (Å²) in [5.74, 6) is 0.929. The fourth-order valence-corrected chi connectivity index (χ4v) is 6.89. The molecule has 3 N–H and O–H groups in total. The number of rotatable bonds is 10. The van der Waals surface area contributed by atoms with Gasteiger partial charge in [0.05, 0.1) is 9.80 Å². The molecule has 2 saturated carbocycles. The van der Waals surface area contributed by atoms with E-state index in [1.54, 1.807) is 17.0 Å². The highest BCUT2D eigenvalue weighted by Gasteiger charge is 2.42. The zero-order chi connectivity index (χ0) is 27.4. The van der Waals surface area contributed by atoms with E-state index in [4.69, 9.17) is 5.73 Å². The van der Waals surface area contributed by atoms with E-state index in [1.807, 2.05) is 29.6 Å². The largest absolute Gasteiger partial charge is 0.354 e. The first-order valence-corrected chi connectivity index (χ1v) is 15.1. The average molecular weight is 554 g/mol. The highest BCUT2D eigenvalue weighted by Crippen LogP contribution is 2.35. The molecule has 2 heterocycles. The molecule has 0 radical (unpaired) electrons. The smallest absolute Gasteiger partial charge is 0.269 e. The molecule has 5 rings (SSSR count). The fraction of sp³-hybridized carbons (Fsp3) is 0.586. The number of nitrogens with one attached hydrogen (secondary N) is 1. The van der Waals surface area contributed by atoms with Crippen molar-refractivity contribution in [3.63, 3.8) is 0 Å². The highest BCUT2D eigenvalue weighted by atomic mass is 32.1. The molecule has 10 heteroatoms.